The number of nitrogens with one attached hydrogen (secondary N) is 2. The second-order valence-corrected chi connectivity index (χ2v) is 9.17. The molecule has 0 saturated heterocycles. The van der Waals surface area contributed by atoms with E-state index in [1.165, 1.54) is 37.4 Å². The molecule has 6 nitrogen and oxygen atoms in total. The van der Waals surface area contributed by atoms with Crippen LogP contribution in [0.25, 0.3) is 0 Å². The molecule has 1 amide bonds. The Labute approximate surface area is 197 Å². The van der Waals surface area contributed by atoms with Crippen molar-refractivity contribution < 1.29 is 31.1 Å². The first-order valence-electron chi connectivity index (χ1n) is 9.05. The van der Waals surface area contributed by atoms with Crippen molar-refractivity contribution >= 4 is 50.5 Å². The average molecular weight is 519 g/mol. The number of halogens is 5. The molecule has 0 aliphatic rings. The minimum Gasteiger partial charge on any atom is -0.495 e. The van der Waals surface area contributed by atoms with Crippen molar-refractivity contribution in [3.63, 3.8) is 0 Å². The first kappa shape index (κ1) is 24.7. The Morgan fingerprint density at radius 3 is 2.15 bits per heavy atom. The maximum absolute atomic E-state index is 13.3. The Morgan fingerprint density at radius 2 is 1.55 bits per heavy atom. The Kier molecular flexibility index (Phi) is 7.11. The van der Waals surface area contributed by atoms with Gasteiger partial charge in [-0.1, -0.05) is 23.2 Å². The van der Waals surface area contributed by atoms with E-state index in [2.05, 4.69) is 5.32 Å². The molecular weight excluding hydrogens is 504 g/mol. The SMILES string of the molecule is COc1ccc(S(=O)(=O)Nc2ccc(Cl)cc2C(F)(F)F)cc1NC(=O)c1ccc(Cl)cc1. The number of ether oxygens (including phenoxy) is 1. The van der Waals surface area contributed by atoms with Crippen molar-refractivity contribution in [2.45, 2.75) is 11.1 Å². The van der Waals surface area contributed by atoms with E-state index in [1.807, 2.05) is 4.72 Å². The highest BCUT2D eigenvalue weighted by molar-refractivity contribution is 7.92. The van der Waals surface area contributed by atoms with Crippen LogP contribution in [0.15, 0.2) is 65.6 Å². The van der Waals surface area contributed by atoms with Crippen LogP contribution in [0.3, 0.4) is 0 Å². The summed E-state index contributed by atoms with van der Waals surface area (Å²) in [6, 6.07) is 12.0. The second kappa shape index (κ2) is 9.50. The van der Waals surface area contributed by atoms with E-state index in [-0.39, 0.29) is 22.0 Å². The second-order valence-electron chi connectivity index (χ2n) is 6.62. The maximum atomic E-state index is 13.3. The third-order valence-corrected chi connectivity index (χ3v) is 6.22. The van der Waals surface area contributed by atoms with Gasteiger partial charge in [0.1, 0.15) is 5.75 Å². The van der Waals surface area contributed by atoms with E-state index in [0.29, 0.717) is 11.1 Å². The van der Waals surface area contributed by atoms with E-state index in [9.17, 15) is 26.4 Å². The standard InChI is InChI=1S/C21H15Cl2F3N2O4S/c1-32-19-9-7-15(11-18(19)27-20(29)12-2-4-13(22)5-3-12)33(30,31)28-17-8-6-14(23)10-16(17)21(24,25)26/h2-11,28H,1H3,(H,27,29). The van der Waals surface area contributed by atoms with Crippen molar-refractivity contribution in [2.24, 2.45) is 0 Å². The van der Waals surface area contributed by atoms with Gasteiger partial charge in [-0.2, -0.15) is 13.2 Å². The molecule has 3 rings (SSSR count). The van der Waals surface area contributed by atoms with Crippen LogP contribution >= 0.6 is 23.2 Å². The minimum absolute atomic E-state index is 0.00697. The summed E-state index contributed by atoms with van der Waals surface area (Å²) in [5, 5.41) is 2.73. The van der Waals surface area contributed by atoms with Crippen LogP contribution in [0.1, 0.15) is 15.9 Å². The highest BCUT2D eigenvalue weighted by Gasteiger charge is 2.35. The third-order valence-electron chi connectivity index (χ3n) is 4.37. The average Bonchev–Trinajstić information content (AvgIpc) is 2.74. The highest BCUT2D eigenvalue weighted by Crippen LogP contribution is 2.38. The summed E-state index contributed by atoms with van der Waals surface area (Å²) >= 11 is 11.4. The lowest BCUT2D eigenvalue weighted by Gasteiger charge is -2.16. The molecule has 0 aliphatic carbocycles. The molecule has 0 aromatic heterocycles. The van der Waals surface area contributed by atoms with Gasteiger partial charge in [0.25, 0.3) is 15.9 Å². The predicted octanol–water partition coefficient (Wildman–Crippen LogP) is 6.07. The van der Waals surface area contributed by atoms with E-state index >= 15 is 0 Å². The zero-order valence-electron chi connectivity index (χ0n) is 16.7. The highest BCUT2D eigenvalue weighted by atomic mass is 35.5. The minimum atomic E-state index is -4.85. The summed E-state index contributed by atoms with van der Waals surface area (Å²) in [7, 11) is -3.17. The normalized spacial score (nSPS) is 11.7. The van der Waals surface area contributed by atoms with E-state index < -0.39 is 38.3 Å². The molecule has 0 fully saturated rings. The lowest BCUT2D eigenvalue weighted by Crippen LogP contribution is -2.18. The van der Waals surface area contributed by atoms with E-state index in [1.54, 1.807) is 0 Å². The van der Waals surface area contributed by atoms with Crippen LogP contribution in [-0.2, 0) is 16.2 Å². The molecule has 33 heavy (non-hydrogen) atoms. The molecule has 0 unspecified atom stereocenters. The third kappa shape index (κ3) is 5.89. The van der Waals surface area contributed by atoms with Crippen LogP contribution in [0.2, 0.25) is 10.0 Å². The zero-order valence-corrected chi connectivity index (χ0v) is 19.0. The van der Waals surface area contributed by atoms with Gasteiger partial charge in [-0.3, -0.25) is 9.52 Å². The van der Waals surface area contributed by atoms with Gasteiger partial charge in [-0.25, -0.2) is 8.42 Å². The van der Waals surface area contributed by atoms with Crippen molar-refractivity contribution in [1.29, 1.82) is 0 Å². The van der Waals surface area contributed by atoms with Gasteiger partial charge in [0.2, 0.25) is 0 Å². The smallest absolute Gasteiger partial charge is 0.418 e. The van der Waals surface area contributed by atoms with Crippen molar-refractivity contribution in [2.75, 3.05) is 17.1 Å². The number of amides is 1. The molecular formula is C21H15Cl2F3N2O4S. The quantitative estimate of drug-likeness (QED) is 0.414. The molecule has 2 N–H and O–H groups in total. The molecule has 0 heterocycles. The number of benzene rings is 3. The molecule has 0 radical (unpaired) electrons. The number of hydrogen-bond acceptors (Lipinski definition) is 4. The van der Waals surface area contributed by atoms with Gasteiger partial charge in [-0.15, -0.1) is 0 Å². The van der Waals surface area contributed by atoms with Crippen molar-refractivity contribution in [3.05, 3.63) is 81.8 Å². The number of rotatable bonds is 6. The Morgan fingerprint density at radius 1 is 0.909 bits per heavy atom. The number of alkyl halides is 3. The van der Waals surface area contributed by atoms with Crippen LogP contribution in [-0.4, -0.2) is 21.4 Å². The lowest BCUT2D eigenvalue weighted by molar-refractivity contribution is -0.136. The number of hydrogen-bond donors (Lipinski definition) is 2. The maximum Gasteiger partial charge on any atom is 0.418 e. The first-order chi connectivity index (χ1) is 15.4. The van der Waals surface area contributed by atoms with Crippen LogP contribution < -0.4 is 14.8 Å². The molecule has 0 bridgehead atoms. The Balaban J connectivity index is 1.95. The van der Waals surface area contributed by atoms with Gasteiger partial charge in [0.05, 0.1) is 28.9 Å². The van der Waals surface area contributed by atoms with Crippen molar-refractivity contribution in [1.82, 2.24) is 0 Å². The van der Waals surface area contributed by atoms with Gasteiger partial charge in [-0.05, 0) is 60.7 Å². The lowest BCUT2D eigenvalue weighted by atomic mass is 10.2. The fraction of sp³-hybridized carbons (Fsp3) is 0.0952. The number of carbonyl (C=O) groups excluding carboxylic acids is 1. The first-order valence-corrected chi connectivity index (χ1v) is 11.3. The summed E-state index contributed by atoms with van der Waals surface area (Å²) in [6.07, 6.45) is -4.85. The van der Waals surface area contributed by atoms with E-state index in [0.717, 1.165) is 24.3 Å². The summed E-state index contributed by atoms with van der Waals surface area (Å²) in [5.74, 6) is -0.441. The largest absolute Gasteiger partial charge is 0.495 e. The number of anilines is 2. The molecule has 0 aliphatic heterocycles. The molecule has 3 aromatic carbocycles. The fourth-order valence-corrected chi connectivity index (χ4v) is 4.20. The van der Waals surface area contributed by atoms with Crippen LogP contribution in [0.5, 0.6) is 5.75 Å². The summed E-state index contributed by atoms with van der Waals surface area (Å²) in [6.45, 7) is 0. The molecule has 174 valence electrons. The van der Waals surface area contributed by atoms with Gasteiger partial charge >= 0.3 is 6.18 Å². The van der Waals surface area contributed by atoms with Crippen molar-refractivity contribution in [3.8, 4) is 5.75 Å². The van der Waals surface area contributed by atoms with Crippen LogP contribution in [0.4, 0.5) is 24.5 Å². The van der Waals surface area contributed by atoms with Gasteiger partial charge < -0.3 is 10.1 Å². The summed E-state index contributed by atoms with van der Waals surface area (Å²) < 4.78 is 72.7. The molecule has 12 heteroatoms. The Bertz CT molecular complexity index is 1300. The molecule has 0 saturated carbocycles. The molecule has 3 aromatic rings. The summed E-state index contributed by atoms with van der Waals surface area (Å²) in [4.78, 5) is 12.1. The number of methoxy groups -OCH3 is 1. The fourth-order valence-electron chi connectivity index (χ4n) is 2.79. The predicted molar refractivity (Wildman–Crippen MR) is 120 cm³/mol. The Hall–Kier alpha value is -2.95. The molecule has 0 spiro atoms. The molecule has 0 atom stereocenters. The van der Waals surface area contributed by atoms with Gasteiger partial charge in [0.15, 0.2) is 0 Å². The zero-order chi connectivity index (χ0) is 24.4. The van der Waals surface area contributed by atoms with Crippen LogP contribution in [0, 0.1) is 0 Å². The topological polar surface area (TPSA) is 84.5 Å². The van der Waals surface area contributed by atoms with Gasteiger partial charge in [0, 0.05) is 15.6 Å². The summed E-state index contributed by atoms with van der Waals surface area (Å²) in [5.41, 5.74) is -1.71. The number of carbonyl (C=O) groups is 1. The van der Waals surface area contributed by atoms with E-state index in [4.69, 9.17) is 27.9 Å². The monoisotopic (exact) mass is 518 g/mol. The number of sulfonamides is 1.